The van der Waals surface area contributed by atoms with E-state index >= 15 is 0 Å². The number of nitrogens with zero attached hydrogens (tertiary/aromatic N) is 2. The molecule has 34 heavy (non-hydrogen) atoms. The van der Waals surface area contributed by atoms with Crippen molar-refractivity contribution >= 4 is 40.0 Å². The number of benzene rings is 1. The maximum absolute atomic E-state index is 12.9. The van der Waals surface area contributed by atoms with Gasteiger partial charge < -0.3 is 19.3 Å². The van der Waals surface area contributed by atoms with Crippen LogP contribution in [0.25, 0.3) is 22.4 Å². The van der Waals surface area contributed by atoms with Crippen molar-refractivity contribution in [3.8, 4) is 17.0 Å². The van der Waals surface area contributed by atoms with Crippen LogP contribution >= 0.6 is 11.3 Å². The molecular formula is C23H19F2N3O5S. The van der Waals surface area contributed by atoms with Gasteiger partial charge in [-0.3, -0.25) is 4.79 Å². The molecule has 0 radical (unpaired) electrons. The molecule has 3 heterocycles. The molecule has 0 aliphatic rings. The first-order valence-electron chi connectivity index (χ1n) is 10.1. The van der Waals surface area contributed by atoms with E-state index in [1.807, 2.05) is 19.9 Å². The van der Waals surface area contributed by atoms with Crippen molar-refractivity contribution in [1.82, 2.24) is 10.1 Å². The van der Waals surface area contributed by atoms with Gasteiger partial charge in [-0.05, 0) is 57.2 Å². The molecule has 0 saturated carbocycles. The molecule has 0 aliphatic carbocycles. The number of carbonyl (C=O) groups is 2. The van der Waals surface area contributed by atoms with Crippen LogP contribution in [-0.2, 0) is 9.53 Å². The van der Waals surface area contributed by atoms with E-state index in [1.54, 1.807) is 24.3 Å². The van der Waals surface area contributed by atoms with Gasteiger partial charge in [0.2, 0.25) is 0 Å². The van der Waals surface area contributed by atoms with Gasteiger partial charge in [-0.25, -0.2) is 9.78 Å². The van der Waals surface area contributed by atoms with Crippen molar-refractivity contribution in [3.63, 3.8) is 0 Å². The molecule has 0 aliphatic heterocycles. The number of anilines is 1. The van der Waals surface area contributed by atoms with Crippen molar-refractivity contribution in [1.29, 1.82) is 0 Å². The fraction of sp³-hybridized carbons (Fsp3) is 0.217. The van der Waals surface area contributed by atoms with E-state index in [4.69, 9.17) is 9.26 Å². The minimum absolute atomic E-state index is 0.0444. The summed E-state index contributed by atoms with van der Waals surface area (Å²) < 4.78 is 39.2. The molecule has 8 nitrogen and oxygen atoms in total. The molecule has 11 heteroatoms. The van der Waals surface area contributed by atoms with Crippen molar-refractivity contribution < 1.29 is 32.4 Å². The van der Waals surface area contributed by atoms with Crippen molar-refractivity contribution in [3.05, 3.63) is 57.4 Å². The number of esters is 1. The Morgan fingerprint density at radius 2 is 1.88 bits per heavy atom. The number of ether oxygens (including phenoxy) is 2. The first kappa shape index (κ1) is 23.3. The third-order valence-electron chi connectivity index (χ3n) is 4.85. The summed E-state index contributed by atoms with van der Waals surface area (Å²) in [5.74, 6) is -1.38. The van der Waals surface area contributed by atoms with Crippen LogP contribution in [0.4, 0.5) is 14.5 Å². The Balaban J connectivity index is 1.49. The molecule has 3 aromatic heterocycles. The topological polar surface area (TPSA) is 104 Å². The normalized spacial score (nSPS) is 11.1. The highest BCUT2D eigenvalue weighted by atomic mass is 32.1. The van der Waals surface area contributed by atoms with E-state index < -0.39 is 25.1 Å². The number of nitrogens with one attached hydrogen (secondary N) is 1. The highest BCUT2D eigenvalue weighted by Crippen LogP contribution is 2.33. The number of fused-ring (bicyclic) bond motifs is 1. The van der Waals surface area contributed by atoms with Crippen LogP contribution in [0.1, 0.15) is 25.8 Å². The molecule has 1 amide bonds. The van der Waals surface area contributed by atoms with E-state index in [-0.39, 0.29) is 17.0 Å². The molecule has 1 aromatic carbocycles. The first-order chi connectivity index (χ1) is 16.2. The number of hydrogen-bond acceptors (Lipinski definition) is 8. The summed E-state index contributed by atoms with van der Waals surface area (Å²) in [5, 5.41) is 6.83. The van der Waals surface area contributed by atoms with E-state index in [0.29, 0.717) is 22.5 Å². The molecule has 0 unspecified atom stereocenters. The van der Waals surface area contributed by atoms with Gasteiger partial charge >= 0.3 is 12.6 Å². The minimum Gasteiger partial charge on any atom is -0.452 e. The molecule has 176 valence electrons. The number of alkyl halides is 2. The largest absolute Gasteiger partial charge is 0.452 e. The number of hydrogen-bond donors (Lipinski definition) is 1. The number of aromatic nitrogens is 2. The van der Waals surface area contributed by atoms with Gasteiger partial charge in [-0.1, -0.05) is 5.16 Å². The summed E-state index contributed by atoms with van der Waals surface area (Å²) in [6.45, 7) is 2.11. The summed E-state index contributed by atoms with van der Waals surface area (Å²) in [5.41, 5.74) is 2.57. The number of halogens is 2. The van der Waals surface area contributed by atoms with Gasteiger partial charge in [-0.2, -0.15) is 8.78 Å². The SMILES string of the molecule is Cc1cc(-c2cc(C(=O)OCC(=O)Nc3ccc(OC(F)F)cc3)c3c(C)noc3n2)c(C)s1. The van der Waals surface area contributed by atoms with Gasteiger partial charge in [0, 0.05) is 21.0 Å². The second-order valence-corrected chi connectivity index (χ2v) is 8.82. The van der Waals surface area contributed by atoms with Crippen molar-refractivity contribution in [2.24, 2.45) is 0 Å². The smallest absolute Gasteiger partial charge is 0.387 e. The van der Waals surface area contributed by atoms with Gasteiger partial charge in [0.15, 0.2) is 6.61 Å². The number of pyridine rings is 1. The summed E-state index contributed by atoms with van der Waals surface area (Å²) >= 11 is 1.61. The Hall–Kier alpha value is -3.86. The van der Waals surface area contributed by atoms with Gasteiger partial charge in [0.05, 0.1) is 22.3 Å². The summed E-state index contributed by atoms with van der Waals surface area (Å²) in [4.78, 5) is 31.8. The molecule has 1 N–H and O–H groups in total. The van der Waals surface area contributed by atoms with Gasteiger partial charge in [0.25, 0.3) is 11.6 Å². The average molecular weight is 487 g/mol. The van der Waals surface area contributed by atoms with Crippen molar-refractivity contribution in [2.45, 2.75) is 27.4 Å². The lowest BCUT2D eigenvalue weighted by atomic mass is 10.1. The lowest BCUT2D eigenvalue weighted by Crippen LogP contribution is -2.21. The predicted octanol–water partition coefficient (Wildman–Crippen LogP) is 5.27. The van der Waals surface area contributed by atoms with Crippen LogP contribution in [0.2, 0.25) is 0 Å². The van der Waals surface area contributed by atoms with Crippen LogP contribution in [0.5, 0.6) is 5.75 Å². The monoisotopic (exact) mass is 487 g/mol. The number of aryl methyl sites for hydroxylation is 3. The second-order valence-electron chi connectivity index (χ2n) is 7.36. The zero-order chi connectivity index (χ0) is 24.4. The fourth-order valence-electron chi connectivity index (χ4n) is 3.40. The van der Waals surface area contributed by atoms with E-state index in [1.165, 1.54) is 24.3 Å². The summed E-state index contributed by atoms with van der Waals surface area (Å²) in [6.07, 6.45) is 0. The molecule has 0 fully saturated rings. The fourth-order valence-corrected chi connectivity index (χ4v) is 4.34. The van der Waals surface area contributed by atoms with Crippen molar-refractivity contribution in [2.75, 3.05) is 11.9 Å². The Kier molecular flexibility index (Phi) is 6.55. The number of carbonyl (C=O) groups excluding carboxylic acids is 2. The number of thiophene rings is 1. The molecule has 4 aromatic rings. The third kappa shape index (κ3) is 5.04. The summed E-state index contributed by atoms with van der Waals surface area (Å²) in [6, 6.07) is 8.92. The highest BCUT2D eigenvalue weighted by Gasteiger charge is 2.22. The minimum atomic E-state index is -2.94. The Morgan fingerprint density at radius 1 is 1.15 bits per heavy atom. The zero-order valence-corrected chi connectivity index (χ0v) is 19.2. The molecule has 0 saturated heterocycles. The average Bonchev–Trinajstić information content (AvgIpc) is 3.33. The lowest BCUT2D eigenvalue weighted by Gasteiger charge is -2.09. The van der Waals surface area contributed by atoms with Crippen LogP contribution in [0.15, 0.2) is 40.9 Å². The Bertz CT molecular complexity index is 1370. The highest BCUT2D eigenvalue weighted by molar-refractivity contribution is 7.12. The first-order valence-corrected chi connectivity index (χ1v) is 10.9. The standard InChI is InChI=1S/C23H19F2N3O5S/c1-11-8-16(13(3)34-11)18-9-17(20-12(2)28-33-21(20)27-18)22(30)31-10-19(29)26-14-4-6-15(7-5-14)32-23(24)25/h4-9,23H,10H2,1-3H3,(H,26,29). The number of amides is 1. The van der Waals surface area contributed by atoms with E-state index in [2.05, 4.69) is 20.2 Å². The van der Waals surface area contributed by atoms with E-state index in [9.17, 15) is 18.4 Å². The molecule has 0 spiro atoms. The third-order valence-corrected chi connectivity index (χ3v) is 5.82. The predicted molar refractivity (Wildman–Crippen MR) is 121 cm³/mol. The lowest BCUT2D eigenvalue weighted by molar-refractivity contribution is -0.119. The van der Waals surface area contributed by atoms with Crippen LogP contribution in [-0.4, -0.2) is 35.2 Å². The maximum atomic E-state index is 12.9. The van der Waals surface area contributed by atoms with Crippen LogP contribution in [0.3, 0.4) is 0 Å². The maximum Gasteiger partial charge on any atom is 0.387 e. The quantitative estimate of drug-likeness (QED) is 0.354. The van der Waals surface area contributed by atoms with Gasteiger partial charge in [-0.15, -0.1) is 11.3 Å². The Morgan fingerprint density at radius 3 is 2.53 bits per heavy atom. The van der Waals surface area contributed by atoms with E-state index in [0.717, 1.165) is 15.3 Å². The summed E-state index contributed by atoms with van der Waals surface area (Å²) in [7, 11) is 0. The molecule has 4 rings (SSSR count). The Labute approximate surface area is 196 Å². The van der Waals surface area contributed by atoms with Crippen LogP contribution in [0, 0.1) is 20.8 Å². The zero-order valence-electron chi connectivity index (χ0n) is 18.3. The number of rotatable bonds is 7. The van der Waals surface area contributed by atoms with Crippen LogP contribution < -0.4 is 10.1 Å². The second kappa shape index (κ2) is 9.56. The molecule has 0 atom stereocenters. The molecular weight excluding hydrogens is 468 g/mol. The van der Waals surface area contributed by atoms with Gasteiger partial charge in [0.1, 0.15) is 5.75 Å². The molecule has 0 bridgehead atoms.